The number of rotatable bonds is 8. The summed E-state index contributed by atoms with van der Waals surface area (Å²) in [5.74, 6) is 3.73. The van der Waals surface area contributed by atoms with Crippen LogP contribution in [0.1, 0.15) is 36.6 Å². The molecule has 0 aromatic carbocycles. The number of nitrogens with zero attached hydrogens (tertiary/aromatic N) is 8. The van der Waals surface area contributed by atoms with Crippen LogP contribution in [0.4, 0.5) is 29.4 Å². The number of oxime groups is 1. The maximum atomic E-state index is 5.70. The van der Waals surface area contributed by atoms with Gasteiger partial charge in [0.05, 0.1) is 17.9 Å². The van der Waals surface area contributed by atoms with Crippen molar-refractivity contribution in [3.63, 3.8) is 0 Å². The van der Waals surface area contributed by atoms with Crippen LogP contribution < -0.4 is 21.3 Å². The molecule has 0 spiro atoms. The standard InChI is InChI=1S/C23H30N12O/c1-34-6-8-35(9-7-34)21-12-19(28-20-11-17(31-32-20)14-2-3-14)29-23(30-21)26-13-15-10-18(33-36-15)16-4-5-25-22(24)27-16/h4-5,11-12,14-15H,2-3,6-10,13H2,1H3,(H2,24,25,27)(H3,26,28,29,30,31,32). The van der Waals surface area contributed by atoms with Gasteiger partial charge in [-0.25, -0.2) is 9.97 Å². The first-order valence-electron chi connectivity index (χ1n) is 12.3. The molecule has 6 rings (SSSR count). The highest BCUT2D eigenvalue weighted by Gasteiger charge is 2.27. The van der Waals surface area contributed by atoms with Crippen molar-refractivity contribution >= 4 is 35.1 Å². The molecule has 1 aliphatic carbocycles. The third-order valence-corrected chi connectivity index (χ3v) is 6.59. The van der Waals surface area contributed by atoms with Gasteiger partial charge in [0.1, 0.15) is 23.2 Å². The molecule has 2 fully saturated rings. The summed E-state index contributed by atoms with van der Waals surface area (Å²) in [6.07, 6.45) is 4.46. The first kappa shape index (κ1) is 22.5. The van der Waals surface area contributed by atoms with Crippen LogP contribution in [0.5, 0.6) is 0 Å². The molecule has 0 bridgehead atoms. The van der Waals surface area contributed by atoms with Gasteiger partial charge in [-0.2, -0.15) is 15.1 Å². The van der Waals surface area contributed by atoms with E-state index in [4.69, 9.17) is 20.5 Å². The van der Waals surface area contributed by atoms with Gasteiger partial charge in [0.2, 0.25) is 11.9 Å². The minimum absolute atomic E-state index is 0.169. The molecular formula is C23H30N12O. The van der Waals surface area contributed by atoms with Crippen LogP contribution in [0.2, 0.25) is 0 Å². The fourth-order valence-corrected chi connectivity index (χ4v) is 4.33. The van der Waals surface area contributed by atoms with Gasteiger partial charge in [0, 0.05) is 56.8 Å². The van der Waals surface area contributed by atoms with E-state index < -0.39 is 0 Å². The highest BCUT2D eigenvalue weighted by Crippen LogP contribution is 2.39. The number of nitrogen functional groups attached to an aromatic ring is 1. The van der Waals surface area contributed by atoms with E-state index in [9.17, 15) is 0 Å². The van der Waals surface area contributed by atoms with Crippen LogP contribution in [-0.4, -0.2) is 86.6 Å². The monoisotopic (exact) mass is 490 g/mol. The summed E-state index contributed by atoms with van der Waals surface area (Å²) < 4.78 is 0. The minimum Gasteiger partial charge on any atom is -0.390 e. The van der Waals surface area contributed by atoms with Crippen molar-refractivity contribution in [1.82, 2.24) is 35.0 Å². The normalized spacial score (nSPS) is 20.2. The summed E-state index contributed by atoms with van der Waals surface area (Å²) in [4.78, 5) is 27.9. The molecule has 5 heterocycles. The molecule has 3 aromatic heterocycles. The van der Waals surface area contributed by atoms with Crippen molar-refractivity contribution in [2.45, 2.75) is 31.3 Å². The molecule has 1 atom stereocenters. The van der Waals surface area contributed by atoms with E-state index in [-0.39, 0.29) is 12.1 Å². The van der Waals surface area contributed by atoms with Crippen LogP contribution in [0.15, 0.2) is 29.6 Å². The summed E-state index contributed by atoms with van der Waals surface area (Å²) >= 11 is 0. The number of aromatic amines is 1. The average molecular weight is 491 g/mol. The number of anilines is 5. The molecule has 5 N–H and O–H groups in total. The van der Waals surface area contributed by atoms with E-state index in [0.717, 1.165) is 49.2 Å². The molecular weight excluding hydrogens is 460 g/mol. The Labute approximate surface area is 208 Å². The molecule has 188 valence electrons. The summed E-state index contributed by atoms with van der Waals surface area (Å²) in [5.41, 5.74) is 8.22. The quantitative estimate of drug-likeness (QED) is 0.363. The molecule has 36 heavy (non-hydrogen) atoms. The average Bonchev–Trinajstić information content (AvgIpc) is 3.44. The topological polar surface area (TPSA) is 158 Å². The van der Waals surface area contributed by atoms with Gasteiger partial charge in [-0.05, 0) is 26.0 Å². The van der Waals surface area contributed by atoms with Crippen LogP contribution in [0.3, 0.4) is 0 Å². The third-order valence-electron chi connectivity index (χ3n) is 6.59. The molecule has 13 nitrogen and oxygen atoms in total. The third kappa shape index (κ3) is 5.15. The van der Waals surface area contributed by atoms with Crippen LogP contribution >= 0.6 is 0 Å². The molecule has 1 saturated carbocycles. The molecule has 0 amide bonds. The maximum absolute atomic E-state index is 5.70. The Morgan fingerprint density at radius 2 is 2.00 bits per heavy atom. The Bertz CT molecular complexity index is 1250. The summed E-state index contributed by atoms with van der Waals surface area (Å²) in [6.45, 7) is 4.30. The molecule has 3 aromatic rings. The molecule has 1 unspecified atom stereocenters. The molecule has 0 radical (unpaired) electrons. The van der Waals surface area contributed by atoms with Crippen molar-refractivity contribution in [3.05, 3.63) is 35.8 Å². The summed E-state index contributed by atoms with van der Waals surface area (Å²) in [7, 11) is 2.14. The van der Waals surface area contributed by atoms with Gasteiger partial charge in [0.15, 0.2) is 6.10 Å². The first-order valence-corrected chi connectivity index (χ1v) is 12.3. The van der Waals surface area contributed by atoms with Crippen molar-refractivity contribution in [1.29, 1.82) is 0 Å². The predicted octanol–water partition coefficient (Wildman–Crippen LogP) is 1.55. The SMILES string of the molecule is CN1CCN(c2cc(Nc3cc(C4CC4)n[nH]3)nc(NCC3CC(c4ccnc(N)n4)=NO3)n2)CC1. The zero-order chi connectivity index (χ0) is 24.5. The van der Waals surface area contributed by atoms with E-state index in [1.165, 1.54) is 12.8 Å². The van der Waals surface area contributed by atoms with Gasteiger partial charge in [-0.1, -0.05) is 5.16 Å². The van der Waals surface area contributed by atoms with Gasteiger partial charge in [-0.15, -0.1) is 0 Å². The fraction of sp³-hybridized carbons (Fsp3) is 0.478. The Morgan fingerprint density at radius 3 is 2.81 bits per heavy atom. The number of nitrogens with two attached hydrogens (primary N) is 1. The minimum atomic E-state index is -0.169. The summed E-state index contributed by atoms with van der Waals surface area (Å²) in [6, 6.07) is 5.83. The van der Waals surface area contributed by atoms with Crippen molar-refractivity contribution in [2.24, 2.45) is 5.16 Å². The number of aromatic nitrogens is 6. The lowest BCUT2D eigenvalue weighted by atomic mass is 10.1. The van der Waals surface area contributed by atoms with Gasteiger partial charge in [-0.3, -0.25) is 5.10 Å². The smallest absolute Gasteiger partial charge is 0.226 e. The fourth-order valence-electron chi connectivity index (χ4n) is 4.33. The zero-order valence-corrected chi connectivity index (χ0v) is 20.2. The van der Waals surface area contributed by atoms with E-state index in [0.29, 0.717) is 36.3 Å². The second-order valence-corrected chi connectivity index (χ2v) is 9.48. The van der Waals surface area contributed by atoms with E-state index >= 15 is 0 Å². The highest BCUT2D eigenvalue weighted by atomic mass is 16.6. The lowest BCUT2D eigenvalue weighted by molar-refractivity contribution is 0.0948. The van der Waals surface area contributed by atoms with Gasteiger partial charge >= 0.3 is 0 Å². The van der Waals surface area contributed by atoms with E-state index in [1.807, 2.05) is 6.07 Å². The van der Waals surface area contributed by atoms with Gasteiger partial charge in [0.25, 0.3) is 0 Å². The number of hydrogen-bond donors (Lipinski definition) is 4. The molecule has 2 aliphatic heterocycles. The predicted molar refractivity (Wildman–Crippen MR) is 137 cm³/mol. The Balaban J connectivity index is 1.15. The Kier molecular flexibility index (Phi) is 5.97. The Morgan fingerprint density at radius 1 is 1.14 bits per heavy atom. The van der Waals surface area contributed by atoms with Crippen molar-refractivity contribution in [2.75, 3.05) is 61.0 Å². The van der Waals surface area contributed by atoms with Gasteiger partial charge < -0.3 is 31.0 Å². The van der Waals surface area contributed by atoms with E-state index in [2.05, 4.69) is 58.9 Å². The van der Waals surface area contributed by atoms with Crippen molar-refractivity contribution < 1.29 is 4.84 Å². The van der Waals surface area contributed by atoms with Crippen LogP contribution in [0.25, 0.3) is 0 Å². The highest BCUT2D eigenvalue weighted by molar-refractivity contribution is 5.99. The van der Waals surface area contributed by atoms with Crippen LogP contribution in [0, 0.1) is 0 Å². The second kappa shape index (κ2) is 9.57. The molecule has 13 heteroatoms. The summed E-state index contributed by atoms with van der Waals surface area (Å²) in [5, 5.41) is 18.4. The number of likely N-dealkylation sites (N-methyl/N-ethyl adjacent to an activating group) is 1. The lowest BCUT2D eigenvalue weighted by Crippen LogP contribution is -2.44. The lowest BCUT2D eigenvalue weighted by Gasteiger charge is -2.33. The zero-order valence-electron chi connectivity index (χ0n) is 20.2. The first-order chi connectivity index (χ1) is 17.6. The number of nitrogens with one attached hydrogen (secondary N) is 3. The van der Waals surface area contributed by atoms with Crippen LogP contribution in [-0.2, 0) is 4.84 Å². The molecule has 3 aliphatic rings. The second-order valence-electron chi connectivity index (χ2n) is 9.48. The van der Waals surface area contributed by atoms with Crippen molar-refractivity contribution in [3.8, 4) is 0 Å². The Hall–Kier alpha value is -4.00. The largest absolute Gasteiger partial charge is 0.390 e. The number of H-pyrrole nitrogens is 1. The number of piperazine rings is 1. The van der Waals surface area contributed by atoms with E-state index in [1.54, 1.807) is 12.3 Å². The molecule has 1 saturated heterocycles. The maximum Gasteiger partial charge on any atom is 0.226 e. The number of hydrogen-bond acceptors (Lipinski definition) is 12.